The van der Waals surface area contributed by atoms with Crippen molar-refractivity contribution in [3.05, 3.63) is 24.1 Å². The maximum Gasteiger partial charge on any atom is 0.412 e. The average molecular weight is 338 g/mol. The Hall–Kier alpha value is -1.31. The van der Waals surface area contributed by atoms with Crippen LogP contribution >= 0.6 is 11.8 Å². The molecule has 1 aliphatic rings. The number of aliphatic imine (C=N–C) groups is 1. The van der Waals surface area contributed by atoms with Crippen LogP contribution in [0.15, 0.2) is 29.0 Å². The van der Waals surface area contributed by atoms with Crippen LogP contribution in [0.4, 0.5) is 17.6 Å². The van der Waals surface area contributed by atoms with E-state index in [1.807, 2.05) is 0 Å². The number of amides is 1. The quantitative estimate of drug-likeness (QED) is 0.605. The third-order valence-electron chi connectivity index (χ3n) is 2.99. The van der Waals surface area contributed by atoms with Crippen molar-refractivity contribution in [3.8, 4) is 0 Å². The molecular formula is C14H18F4N2OS. The summed E-state index contributed by atoms with van der Waals surface area (Å²) in [6, 6.07) is -0.371. The van der Waals surface area contributed by atoms with Crippen molar-refractivity contribution in [1.29, 1.82) is 0 Å². The fourth-order valence-electron chi connectivity index (χ4n) is 1.62. The molecule has 1 saturated heterocycles. The lowest BCUT2D eigenvalue weighted by molar-refractivity contribution is -0.166. The zero-order chi connectivity index (χ0) is 17.0. The second-order valence-electron chi connectivity index (χ2n) is 5.01. The third-order valence-corrected chi connectivity index (χ3v) is 4.21. The maximum atomic E-state index is 13.1. The number of halogens is 4. The Bertz CT molecular complexity index is 513. The van der Waals surface area contributed by atoms with Gasteiger partial charge in [-0.15, -0.1) is 0 Å². The lowest BCUT2D eigenvalue weighted by Crippen LogP contribution is -2.46. The van der Waals surface area contributed by atoms with E-state index < -0.39 is 16.8 Å². The van der Waals surface area contributed by atoms with Crippen molar-refractivity contribution in [2.24, 2.45) is 4.99 Å². The molecule has 1 N–H and O–H groups in total. The summed E-state index contributed by atoms with van der Waals surface area (Å²) in [4.78, 5) is 15.5. The van der Waals surface area contributed by atoms with Crippen LogP contribution in [0.5, 0.6) is 0 Å². The number of allylic oxidation sites excluding steroid dienone is 3. The summed E-state index contributed by atoms with van der Waals surface area (Å²) in [6.07, 6.45) is 0.534. The van der Waals surface area contributed by atoms with E-state index in [2.05, 4.69) is 10.3 Å². The largest absolute Gasteiger partial charge is 0.412 e. The molecule has 1 aliphatic heterocycles. The zero-order valence-corrected chi connectivity index (χ0v) is 13.3. The number of carbonyl (C=O) groups is 1. The Morgan fingerprint density at radius 1 is 1.50 bits per heavy atom. The number of hydrogen-bond acceptors (Lipinski definition) is 3. The minimum absolute atomic E-state index is 0.0599. The summed E-state index contributed by atoms with van der Waals surface area (Å²) in [5.41, 5.74) is 0. The van der Waals surface area contributed by atoms with Crippen LogP contribution in [0, 0.1) is 0 Å². The number of thioether (sulfide) groups is 1. The SMILES string of the molecule is CC/C=C(F)\C=C/C[C@H](C)N=C1NC(=O)[C@](C)(C(F)(F)F)S1. The lowest BCUT2D eigenvalue weighted by atomic mass is 10.1. The molecule has 2 atom stereocenters. The van der Waals surface area contributed by atoms with E-state index >= 15 is 0 Å². The number of nitrogens with one attached hydrogen (secondary N) is 1. The number of hydrogen-bond donors (Lipinski definition) is 1. The first-order chi connectivity index (χ1) is 10.1. The Labute approximate surface area is 130 Å². The van der Waals surface area contributed by atoms with Gasteiger partial charge in [0.25, 0.3) is 5.91 Å². The van der Waals surface area contributed by atoms with Gasteiger partial charge in [0.2, 0.25) is 0 Å². The highest BCUT2D eigenvalue weighted by Crippen LogP contribution is 2.45. The van der Waals surface area contributed by atoms with Crippen molar-refractivity contribution >= 4 is 22.8 Å². The second kappa shape index (κ2) is 7.30. The average Bonchev–Trinajstić information content (AvgIpc) is 2.65. The monoisotopic (exact) mass is 338 g/mol. The summed E-state index contributed by atoms with van der Waals surface area (Å²) >= 11 is 0.359. The van der Waals surface area contributed by atoms with E-state index in [9.17, 15) is 22.4 Å². The van der Waals surface area contributed by atoms with Gasteiger partial charge in [0.05, 0.1) is 6.04 Å². The summed E-state index contributed by atoms with van der Waals surface area (Å²) in [5, 5.41) is 2.09. The van der Waals surface area contributed by atoms with Crippen molar-refractivity contribution < 1.29 is 22.4 Å². The van der Waals surface area contributed by atoms with E-state index in [-0.39, 0.29) is 17.0 Å². The van der Waals surface area contributed by atoms with Gasteiger partial charge in [0, 0.05) is 0 Å². The Balaban J connectivity index is 2.68. The number of nitrogens with zero attached hydrogens (tertiary/aromatic N) is 1. The van der Waals surface area contributed by atoms with Crippen LogP contribution in [0.3, 0.4) is 0 Å². The number of carbonyl (C=O) groups excluding carboxylic acids is 1. The number of alkyl halides is 3. The van der Waals surface area contributed by atoms with Crippen LogP contribution in [-0.4, -0.2) is 28.0 Å². The van der Waals surface area contributed by atoms with Gasteiger partial charge >= 0.3 is 6.18 Å². The third kappa shape index (κ3) is 4.59. The van der Waals surface area contributed by atoms with Gasteiger partial charge in [0.15, 0.2) is 9.91 Å². The molecular weight excluding hydrogens is 320 g/mol. The van der Waals surface area contributed by atoms with Gasteiger partial charge < -0.3 is 5.32 Å². The van der Waals surface area contributed by atoms with Crippen molar-refractivity contribution in [2.75, 3.05) is 0 Å². The molecule has 0 saturated carbocycles. The topological polar surface area (TPSA) is 41.5 Å². The van der Waals surface area contributed by atoms with E-state index in [1.165, 1.54) is 12.2 Å². The molecule has 124 valence electrons. The van der Waals surface area contributed by atoms with Gasteiger partial charge in [-0.05, 0) is 38.8 Å². The fraction of sp³-hybridized carbons (Fsp3) is 0.571. The van der Waals surface area contributed by atoms with Crippen LogP contribution in [0.25, 0.3) is 0 Å². The van der Waals surface area contributed by atoms with Crippen LogP contribution < -0.4 is 5.32 Å². The Morgan fingerprint density at radius 3 is 2.64 bits per heavy atom. The van der Waals surface area contributed by atoms with E-state index in [1.54, 1.807) is 19.9 Å². The Morgan fingerprint density at radius 2 is 2.14 bits per heavy atom. The van der Waals surface area contributed by atoms with E-state index in [4.69, 9.17) is 0 Å². The van der Waals surface area contributed by atoms with Crippen LogP contribution in [0.2, 0.25) is 0 Å². The summed E-state index contributed by atoms with van der Waals surface area (Å²) < 4.78 is 49.2. The fourth-order valence-corrected chi connectivity index (χ4v) is 2.64. The molecule has 1 rings (SSSR count). The molecule has 8 heteroatoms. The van der Waals surface area contributed by atoms with Crippen molar-refractivity contribution in [1.82, 2.24) is 5.32 Å². The molecule has 1 heterocycles. The molecule has 0 aromatic carbocycles. The molecule has 0 aromatic rings. The van der Waals surface area contributed by atoms with Gasteiger partial charge in [-0.2, -0.15) is 13.2 Å². The summed E-state index contributed by atoms with van der Waals surface area (Å²) in [5.74, 6) is -1.49. The minimum Gasteiger partial charge on any atom is -0.304 e. The molecule has 0 aromatic heterocycles. The maximum absolute atomic E-state index is 13.1. The van der Waals surface area contributed by atoms with Crippen LogP contribution in [0.1, 0.15) is 33.6 Å². The molecule has 22 heavy (non-hydrogen) atoms. The second-order valence-corrected chi connectivity index (χ2v) is 6.41. The van der Waals surface area contributed by atoms with E-state index in [0.29, 0.717) is 24.6 Å². The molecule has 0 spiro atoms. The molecule has 0 radical (unpaired) electrons. The first-order valence-electron chi connectivity index (χ1n) is 6.77. The smallest absolute Gasteiger partial charge is 0.304 e. The molecule has 0 bridgehead atoms. The van der Waals surface area contributed by atoms with Gasteiger partial charge in [-0.3, -0.25) is 9.79 Å². The summed E-state index contributed by atoms with van der Waals surface area (Å²) in [6.45, 7) is 4.30. The predicted molar refractivity (Wildman–Crippen MR) is 80.3 cm³/mol. The van der Waals surface area contributed by atoms with Crippen molar-refractivity contribution in [3.63, 3.8) is 0 Å². The Kier molecular flexibility index (Phi) is 6.22. The standard InChI is InChI=1S/C14H18F4N2OS/c1-4-6-10(15)8-5-7-9(2)19-12-20-11(21)13(3,22-12)14(16,17)18/h5-6,8-9H,4,7H2,1-3H3,(H,19,20,21)/b8-5-,10-6+/t9-,13+/m0/s1. The predicted octanol–water partition coefficient (Wildman–Crippen LogP) is 4.12. The van der Waals surface area contributed by atoms with Gasteiger partial charge in [-0.25, -0.2) is 4.39 Å². The first kappa shape index (κ1) is 18.7. The molecule has 1 fully saturated rings. The highest BCUT2D eigenvalue weighted by Gasteiger charge is 2.61. The van der Waals surface area contributed by atoms with E-state index in [0.717, 1.165) is 6.92 Å². The normalized spacial score (nSPS) is 26.8. The van der Waals surface area contributed by atoms with Gasteiger partial charge in [0.1, 0.15) is 5.83 Å². The van der Waals surface area contributed by atoms with Gasteiger partial charge in [-0.1, -0.05) is 24.8 Å². The first-order valence-corrected chi connectivity index (χ1v) is 7.59. The number of rotatable bonds is 5. The minimum atomic E-state index is -4.66. The molecule has 0 aliphatic carbocycles. The lowest BCUT2D eigenvalue weighted by Gasteiger charge is -2.21. The number of amidine groups is 1. The highest BCUT2D eigenvalue weighted by molar-refractivity contribution is 8.16. The van der Waals surface area contributed by atoms with Crippen molar-refractivity contribution in [2.45, 2.75) is 50.6 Å². The highest BCUT2D eigenvalue weighted by atomic mass is 32.2. The molecule has 0 unspecified atom stereocenters. The molecule has 1 amide bonds. The molecule has 3 nitrogen and oxygen atoms in total. The zero-order valence-electron chi connectivity index (χ0n) is 12.5. The van der Waals surface area contributed by atoms with Crippen LogP contribution in [-0.2, 0) is 4.79 Å². The summed E-state index contributed by atoms with van der Waals surface area (Å²) in [7, 11) is 0.